The van der Waals surface area contributed by atoms with Crippen LogP contribution in [-0.2, 0) is 4.79 Å². The second kappa shape index (κ2) is 4.89. The Balaban J connectivity index is 2.50. The fraction of sp³-hybridized carbons (Fsp3) is 0.909. The van der Waals surface area contributed by atoms with Gasteiger partial charge in [-0.25, -0.2) is 0 Å². The van der Waals surface area contributed by atoms with Crippen LogP contribution in [0.5, 0.6) is 0 Å². The zero-order valence-corrected chi connectivity index (χ0v) is 9.79. The molecular weight excluding hydrogens is 176 g/mol. The van der Waals surface area contributed by atoms with Gasteiger partial charge in [-0.3, -0.25) is 14.6 Å². The Morgan fingerprint density at radius 3 is 2.57 bits per heavy atom. The molecule has 0 aromatic rings. The van der Waals surface area contributed by atoms with Crippen LogP contribution in [0, 0.1) is 0 Å². The van der Waals surface area contributed by atoms with E-state index in [1.807, 2.05) is 6.92 Å². The lowest BCUT2D eigenvalue weighted by atomic mass is 10.1. The number of piperazine rings is 1. The van der Waals surface area contributed by atoms with Gasteiger partial charge in [0.15, 0.2) is 0 Å². The highest BCUT2D eigenvalue weighted by molar-refractivity contribution is 5.80. The largest absolute Gasteiger partial charge is 0.298 e. The molecule has 0 N–H and O–H groups in total. The molecule has 1 rings (SSSR count). The lowest BCUT2D eigenvalue weighted by Crippen LogP contribution is -2.55. The molecule has 2 unspecified atom stereocenters. The molecular formula is C11H22N2O. The van der Waals surface area contributed by atoms with Gasteiger partial charge >= 0.3 is 0 Å². The van der Waals surface area contributed by atoms with Crippen molar-refractivity contribution >= 4 is 5.78 Å². The van der Waals surface area contributed by atoms with Crippen LogP contribution in [0.25, 0.3) is 0 Å². The van der Waals surface area contributed by atoms with Crippen LogP contribution in [0.3, 0.4) is 0 Å². The minimum absolute atomic E-state index is 0.0939. The van der Waals surface area contributed by atoms with Gasteiger partial charge in [-0.15, -0.1) is 0 Å². The smallest absolute Gasteiger partial charge is 0.146 e. The molecule has 0 spiro atoms. The number of nitrogens with zero attached hydrogens (tertiary/aromatic N) is 2. The number of rotatable bonds is 3. The average Bonchev–Trinajstić information content (AvgIpc) is 2.16. The summed E-state index contributed by atoms with van der Waals surface area (Å²) >= 11 is 0. The number of likely N-dealkylation sites (N-methyl/N-ethyl adjacent to an activating group) is 1. The molecule has 0 saturated carbocycles. The highest BCUT2D eigenvalue weighted by atomic mass is 16.1. The van der Waals surface area contributed by atoms with Crippen molar-refractivity contribution < 1.29 is 4.79 Å². The summed E-state index contributed by atoms with van der Waals surface area (Å²) in [7, 11) is 0. The first-order valence-electron chi connectivity index (χ1n) is 5.54. The van der Waals surface area contributed by atoms with Gasteiger partial charge in [0.2, 0.25) is 0 Å². The van der Waals surface area contributed by atoms with Gasteiger partial charge in [-0.05, 0) is 27.3 Å². The SMILES string of the molecule is CCN1CCN(C(C)C(C)=O)CC1C. The van der Waals surface area contributed by atoms with Crippen molar-refractivity contribution in [2.75, 3.05) is 26.2 Å². The van der Waals surface area contributed by atoms with Crippen molar-refractivity contribution in [1.82, 2.24) is 9.80 Å². The third-order valence-corrected chi connectivity index (χ3v) is 3.34. The topological polar surface area (TPSA) is 23.6 Å². The molecule has 1 saturated heterocycles. The van der Waals surface area contributed by atoms with Crippen LogP contribution in [0.4, 0.5) is 0 Å². The Kier molecular flexibility index (Phi) is 4.08. The van der Waals surface area contributed by atoms with Gasteiger partial charge in [0.25, 0.3) is 0 Å². The zero-order chi connectivity index (χ0) is 10.7. The number of ketones is 1. The summed E-state index contributed by atoms with van der Waals surface area (Å²) in [5.74, 6) is 0.280. The highest BCUT2D eigenvalue weighted by Gasteiger charge is 2.26. The third kappa shape index (κ3) is 2.55. The van der Waals surface area contributed by atoms with Crippen molar-refractivity contribution in [1.29, 1.82) is 0 Å². The quantitative estimate of drug-likeness (QED) is 0.675. The molecule has 3 heteroatoms. The predicted molar refractivity (Wildman–Crippen MR) is 58.4 cm³/mol. The number of hydrogen-bond acceptors (Lipinski definition) is 3. The second-order valence-electron chi connectivity index (χ2n) is 4.26. The summed E-state index contributed by atoms with van der Waals surface area (Å²) in [5, 5.41) is 0. The summed E-state index contributed by atoms with van der Waals surface area (Å²) in [5.41, 5.74) is 0. The van der Waals surface area contributed by atoms with Crippen LogP contribution in [-0.4, -0.2) is 53.8 Å². The lowest BCUT2D eigenvalue weighted by Gasteiger charge is -2.41. The van der Waals surface area contributed by atoms with Crippen molar-refractivity contribution in [3.8, 4) is 0 Å². The van der Waals surface area contributed by atoms with Gasteiger partial charge in [0.1, 0.15) is 5.78 Å². The number of carbonyl (C=O) groups excluding carboxylic acids is 1. The standard InChI is InChI=1S/C11H22N2O/c1-5-12-6-7-13(8-9(12)2)10(3)11(4)14/h9-10H,5-8H2,1-4H3. The Morgan fingerprint density at radius 2 is 2.14 bits per heavy atom. The van der Waals surface area contributed by atoms with E-state index in [9.17, 15) is 4.79 Å². The van der Waals surface area contributed by atoms with Gasteiger partial charge in [0.05, 0.1) is 6.04 Å². The lowest BCUT2D eigenvalue weighted by molar-refractivity contribution is -0.122. The molecule has 0 aliphatic carbocycles. The number of carbonyl (C=O) groups is 1. The molecule has 1 aliphatic heterocycles. The van der Waals surface area contributed by atoms with Crippen LogP contribution < -0.4 is 0 Å². The summed E-state index contributed by atoms with van der Waals surface area (Å²) in [6.07, 6.45) is 0. The summed E-state index contributed by atoms with van der Waals surface area (Å²) in [4.78, 5) is 16.0. The molecule has 82 valence electrons. The molecule has 0 bridgehead atoms. The first kappa shape index (κ1) is 11.7. The van der Waals surface area contributed by atoms with E-state index in [-0.39, 0.29) is 11.8 Å². The van der Waals surface area contributed by atoms with Crippen LogP contribution in [0.2, 0.25) is 0 Å². The molecule has 0 aromatic carbocycles. The maximum atomic E-state index is 11.2. The molecule has 0 amide bonds. The average molecular weight is 198 g/mol. The molecule has 1 aliphatic rings. The number of hydrogen-bond donors (Lipinski definition) is 0. The van der Waals surface area contributed by atoms with E-state index >= 15 is 0 Å². The molecule has 2 atom stereocenters. The minimum Gasteiger partial charge on any atom is -0.298 e. The van der Waals surface area contributed by atoms with E-state index in [0.29, 0.717) is 6.04 Å². The Hall–Kier alpha value is -0.410. The van der Waals surface area contributed by atoms with Crippen LogP contribution in [0.1, 0.15) is 27.7 Å². The monoisotopic (exact) mass is 198 g/mol. The van der Waals surface area contributed by atoms with Crippen molar-refractivity contribution in [2.45, 2.75) is 39.8 Å². The Labute approximate surface area is 87.1 Å². The maximum Gasteiger partial charge on any atom is 0.146 e. The maximum absolute atomic E-state index is 11.2. The van der Waals surface area contributed by atoms with E-state index in [1.165, 1.54) is 0 Å². The predicted octanol–water partition coefficient (Wildman–Crippen LogP) is 0.990. The van der Waals surface area contributed by atoms with E-state index in [1.54, 1.807) is 6.92 Å². The van der Waals surface area contributed by atoms with Crippen molar-refractivity contribution in [3.05, 3.63) is 0 Å². The van der Waals surface area contributed by atoms with E-state index < -0.39 is 0 Å². The van der Waals surface area contributed by atoms with E-state index in [2.05, 4.69) is 23.6 Å². The normalized spacial score (nSPS) is 27.6. The molecule has 0 aromatic heterocycles. The van der Waals surface area contributed by atoms with Crippen LogP contribution in [0.15, 0.2) is 0 Å². The summed E-state index contributed by atoms with van der Waals surface area (Å²) in [6.45, 7) is 12.4. The molecule has 3 nitrogen and oxygen atoms in total. The fourth-order valence-electron chi connectivity index (χ4n) is 2.10. The first-order valence-corrected chi connectivity index (χ1v) is 5.54. The van der Waals surface area contributed by atoms with Gasteiger partial charge < -0.3 is 0 Å². The van der Waals surface area contributed by atoms with Gasteiger partial charge in [-0.2, -0.15) is 0 Å². The molecule has 14 heavy (non-hydrogen) atoms. The third-order valence-electron chi connectivity index (χ3n) is 3.34. The highest BCUT2D eigenvalue weighted by Crippen LogP contribution is 2.12. The molecule has 0 radical (unpaired) electrons. The van der Waals surface area contributed by atoms with E-state index in [0.717, 1.165) is 26.2 Å². The Morgan fingerprint density at radius 1 is 1.50 bits per heavy atom. The first-order chi connectivity index (χ1) is 6.56. The zero-order valence-electron chi connectivity index (χ0n) is 9.79. The number of Topliss-reactive ketones (excluding diaryl/α,β-unsaturated/α-hetero) is 1. The molecule has 1 heterocycles. The summed E-state index contributed by atoms with van der Waals surface area (Å²) in [6, 6.07) is 0.673. The summed E-state index contributed by atoms with van der Waals surface area (Å²) < 4.78 is 0. The van der Waals surface area contributed by atoms with Gasteiger partial charge in [0, 0.05) is 25.7 Å². The minimum atomic E-state index is 0.0939. The van der Waals surface area contributed by atoms with Crippen LogP contribution >= 0.6 is 0 Å². The fourth-order valence-corrected chi connectivity index (χ4v) is 2.10. The van der Waals surface area contributed by atoms with Crippen molar-refractivity contribution in [2.24, 2.45) is 0 Å². The van der Waals surface area contributed by atoms with Crippen molar-refractivity contribution in [3.63, 3.8) is 0 Å². The van der Waals surface area contributed by atoms with E-state index in [4.69, 9.17) is 0 Å². The Bertz CT molecular complexity index is 205. The second-order valence-corrected chi connectivity index (χ2v) is 4.26. The molecule has 1 fully saturated rings. The van der Waals surface area contributed by atoms with Gasteiger partial charge in [-0.1, -0.05) is 6.92 Å².